The van der Waals surface area contributed by atoms with E-state index in [-0.39, 0.29) is 18.3 Å². The van der Waals surface area contributed by atoms with E-state index < -0.39 is 6.04 Å². The molecule has 0 saturated carbocycles. The van der Waals surface area contributed by atoms with Crippen molar-refractivity contribution in [2.75, 3.05) is 7.05 Å². The number of likely N-dealkylation sites (N-methyl/N-ethyl adjacent to an activating group) is 1. The van der Waals surface area contributed by atoms with Gasteiger partial charge in [-0.25, -0.2) is 0 Å². The van der Waals surface area contributed by atoms with Gasteiger partial charge in [0.05, 0.1) is 6.04 Å². The van der Waals surface area contributed by atoms with Crippen LogP contribution >= 0.6 is 12.4 Å². The van der Waals surface area contributed by atoms with Gasteiger partial charge in [0.15, 0.2) is 0 Å². The van der Waals surface area contributed by atoms with Gasteiger partial charge in [0.25, 0.3) is 0 Å². The molecule has 0 fully saturated rings. The fraction of sp³-hybridized carbons (Fsp3) is 0.235. The Bertz CT molecular complexity index is 573. The summed E-state index contributed by atoms with van der Waals surface area (Å²) < 4.78 is 5.71. The predicted molar refractivity (Wildman–Crippen MR) is 90.2 cm³/mol. The third-order valence-electron chi connectivity index (χ3n) is 3.21. The van der Waals surface area contributed by atoms with Crippen molar-refractivity contribution in [2.45, 2.75) is 19.1 Å². The van der Waals surface area contributed by atoms with Gasteiger partial charge in [-0.2, -0.15) is 0 Å². The first-order chi connectivity index (χ1) is 10.2. The zero-order valence-corrected chi connectivity index (χ0v) is 13.3. The molecule has 0 aromatic heterocycles. The summed E-state index contributed by atoms with van der Waals surface area (Å²) in [5, 5.41) is 2.55. The lowest BCUT2D eigenvalue weighted by atomic mass is 10.1. The van der Waals surface area contributed by atoms with Crippen LogP contribution in [-0.4, -0.2) is 19.0 Å². The molecule has 2 aromatic carbocycles. The van der Waals surface area contributed by atoms with Crippen molar-refractivity contribution in [1.29, 1.82) is 0 Å². The fourth-order valence-corrected chi connectivity index (χ4v) is 1.99. The number of carbonyl (C=O) groups excluding carboxylic acids is 1. The Labute approximate surface area is 137 Å². The Morgan fingerprint density at radius 2 is 1.73 bits per heavy atom. The Hall–Kier alpha value is -2.04. The van der Waals surface area contributed by atoms with Crippen LogP contribution in [0.4, 0.5) is 0 Å². The highest BCUT2D eigenvalue weighted by molar-refractivity contribution is 5.85. The molecule has 3 N–H and O–H groups in total. The molecule has 0 saturated heterocycles. The molecular weight excluding hydrogens is 300 g/mol. The normalized spacial score (nSPS) is 11.2. The van der Waals surface area contributed by atoms with E-state index in [0.29, 0.717) is 13.0 Å². The summed E-state index contributed by atoms with van der Waals surface area (Å²) in [6.45, 7) is 0.540. The summed E-state index contributed by atoms with van der Waals surface area (Å²) in [5.74, 6) is 0.649. The van der Waals surface area contributed by atoms with Gasteiger partial charge in [0.2, 0.25) is 5.91 Å². The van der Waals surface area contributed by atoms with E-state index in [2.05, 4.69) is 5.32 Å². The molecule has 0 aliphatic rings. The second-order valence-corrected chi connectivity index (χ2v) is 4.84. The summed E-state index contributed by atoms with van der Waals surface area (Å²) in [6, 6.07) is 17.1. The van der Waals surface area contributed by atoms with Gasteiger partial charge in [-0.15, -0.1) is 12.4 Å². The predicted octanol–water partition coefficient (Wildman–Crippen LogP) is 2.30. The van der Waals surface area contributed by atoms with E-state index in [4.69, 9.17) is 10.5 Å². The smallest absolute Gasteiger partial charge is 0.237 e. The highest BCUT2D eigenvalue weighted by Crippen LogP contribution is 2.15. The number of hydrogen-bond acceptors (Lipinski definition) is 3. The number of nitrogens with one attached hydrogen (secondary N) is 1. The summed E-state index contributed by atoms with van der Waals surface area (Å²) in [5.41, 5.74) is 7.93. The molecule has 4 nitrogen and oxygen atoms in total. The van der Waals surface area contributed by atoms with E-state index in [9.17, 15) is 4.79 Å². The third-order valence-corrected chi connectivity index (χ3v) is 3.21. The van der Waals surface area contributed by atoms with Crippen molar-refractivity contribution in [2.24, 2.45) is 5.73 Å². The quantitative estimate of drug-likeness (QED) is 0.858. The number of halogens is 1. The number of nitrogens with two attached hydrogens (primary N) is 1. The third kappa shape index (κ3) is 5.39. The van der Waals surface area contributed by atoms with Crippen molar-refractivity contribution in [3.05, 3.63) is 65.7 Å². The zero-order chi connectivity index (χ0) is 15.1. The molecular formula is C17H21ClN2O2. The van der Waals surface area contributed by atoms with Crippen LogP contribution in [0.2, 0.25) is 0 Å². The first-order valence-corrected chi connectivity index (χ1v) is 6.92. The number of amides is 1. The van der Waals surface area contributed by atoms with Gasteiger partial charge in [-0.3, -0.25) is 4.79 Å². The molecule has 0 aliphatic carbocycles. The topological polar surface area (TPSA) is 64.4 Å². The number of hydrogen-bond donors (Lipinski definition) is 2. The van der Waals surface area contributed by atoms with Crippen LogP contribution in [0.15, 0.2) is 54.6 Å². The van der Waals surface area contributed by atoms with Gasteiger partial charge in [0.1, 0.15) is 12.4 Å². The Kier molecular flexibility index (Phi) is 7.43. The lowest BCUT2D eigenvalue weighted by molar-refractivity contribution is -0.121. The van der Waals surface area contributed by atoms with Crippen LogP contribution in [0.1, 0.15) is 11.1 Å². The highest BCUT2D eigenvalue weighted by atomic mass is 35.5. The standard InChI is InChI=1S/C17H20N2O2.ClH/c1-19-17(20)16(18)11-13-7-9-15(10-8-13)21-12-14-5-3-2-4-6-14;/h2-10,16H,11-12,18H2,1H3,(H,19,20);1H. The van der Waals surface area contributed by atoms with Gasteiger partial charge in [-0.1, -0.05) is 42.5 Å². The number of ether oxygens (including phenoxy) is 1. The van der Waals surface area contributed by atoms with Crippen LogP contribution in [0, 0.1) is 0 Å². The highest BCUT2D eigenvalue weighted by Gasteiger charge is 2.11. The maximum Gasteiger partial charge on any atom is 0.237 e. The van der Waals surface area contributed by atoms with Crippen LogP contribution in [0.3, 0.4) is 0 Å². The Morgan fingerprint density at radius 1 is 1.09 bits per heavy atom. The van der Waals surface area contributed by atoms with E-state index in [1.165, 1.54) is 0 Å². The zero-order valence-electron chi connectivity index (χ0n) is 12.5. The molecule has 1 amide bonds. The molecule has 2 rings (SSSR count). The molecule has 1 unspecified atom stereocenters. The van der Waals surface area contributed by atoms with Crippen molar-refractivity contribution < 1.29 is 9.53 Å². The molecule has 0 bridgehead atoms. The van der Waals surface area contributed by atoms with Gasteiger partial charge in [-0.05, 0) is 29.7 Å². The van der Waals surface area contributed by atoms with Crippen molar-refractivity contribution in [3.8, 4) is 5.75 Å². The van der Waals surface area contributed by atoms with E-state index in [0.717, 1.165) is 16.9 Å². The van der Waals surface area contributed by atoms with E-state index in [1.807, 2.05) is 54.6 Å². The van der Waals surface area contributed by atoms with Crippen molar-refractivity contribution >= 4 is 18.3 Å². The van der Waals surface area contributed by atoms with Gasteiger partial charge < -0.3 is 15.8 Å². The maximum atomic E-state index is 11.4. The largest absolute Gasteiger partial charge is 0.489 e. The molecule has 0 spiro atoms. The SMILES string of the molecule is CNC(=O)C(N)Cc1ccc(OCc2ccccc2)cc1.Cl. The lowest BCUT2D eigenvalue weighted by Crippen LogP contribution is -2.40. The van der Waals surface area contributed by atoms with Crippen LogP contribution in [0.5, 0.6) is 5.75 Å². The average Bonchev–Trinajstić information content (AvgIpc) is 2.54. The summed E-state index contributed by atoms with van der Waals surface area (Å²) in [4.78, 5) is 11.4. The monoisotopic (exact) mass is 320 g/mol. The van der Waals surface area contributed by atoms with Gasteiger partial charge in [0, 0.05) is 7.05 Å². The van der Waals surface area contributed by atoms with E-state index in [1.54, 1.807) is 7.05 Å². The van der Waals surface area contributed by atoms with Crippen molar-refractivity contribution in [1.82, 2.24) is 5.32 Å². The minimum atomic E-state index is -0.522. The summed E-state index contributed by atoms with van der Waals surface area (Å²) >= 11 is 0. The number of benzene rings is 2. The molecule has 5 heteroatoms. The molecule has 0 aliphatic heterocycles. The Balaban J connectivity index is 0.00000242. The first-order valence-electron chi connectivity index (χ1n) is 6.92. The average molecular weight is 321 g/mol. The second kappa shape index (κ2) is 9.07. The van der Waals surface area contributed by atoms with E-state index >= 15 is 0 Å². The maximum absolute atomic E-state index is 11.4. The molecule has 2 aromatic rings. The molecule has 1 atom stereocenters. The lowest BCUT2D eigenvalue weighted by Gasteiger charge is -2.11. The van der Waals surface area contributed by atoms with Crippen molar-refractivity contribution in [3.63, 3.8) is 0 Å². The molecule has 0 heterocycles. The second-order valence-electron chi connectivity index (χ2n) is 4.84. The number of rotatable bonds is 6. The van der Waals surface area contributed by atoms with Gasteiger partial charge >= 0.3 is 0 Å². The summed E-state index contributed by atoms with van der Waals surface area (Å²) in [7, 11) is 1.59. The molecule has 22 heavy (non-hydrogen) atoms. The fourth-order valence-electron chi connectivity index (χ4n) is 1.99. The minimum absolute atomic E-state index is 0. The summed E-state index contributed by atoms with van der Waals surface area (Å²) in [6.07, 6.45) is 0.513. The molecule has 118 valence electrons. The van der Waals surface area contributed by atoms with Crippen LogP contribution < -0.4 is 15.8 Å². The number of carbonyl (C=O) groups is 1. The Morgan fingerprint density at radius 3 is 2.32 bits per heavy atom. The first kappa shape index (κ1) is 18.0. The molecule has 0 radical (unpaired) electrons. The minimum Gasteiger partial charge on any atom is -0.489 e. The van der Waals surface area contributed by atoms with Crippen LogP contribution in [0.25, 0.3) is 0 Å². The van der Waals surface area contributed by atoms with Crippen LogP contribution in [-0.2, 0) is 17.8 Å².